The Labute approximate surface area is 188 Å². The second-order valence-electron chi connectivity index (χ2n) is 6.81. The summed E-state index contributed by atoms with van der Waals surface area (Å²) in [5, 5.41) is 20.8. The van der Waals surface area contributed by atoms with Crippen molar-refractivity contribution in [2.75, 3.05) is 7.11 Å². The summed E-state index contributed by atoms with van der Waals surface area (Å²) in [4.78, 5) is 23.2. The molecule has 0 spiro atoms. The number of hydrogen-bond acceptors (Lipinski definition) is 7. The Morgan fingerprint density at radius 1 is 1.03 bits per heavy atom. The van der Waals surface area contributed by atoms with Gasteiger partial charge in [-0.15, -0.1) is 10.2 Å². The molecule has 1 aromatic heterocycles. The zero-order valence-electron chi connectivity index (χ0n) is 17.3. The van der Waals surface area contributed by atoms with Crippen molar-refractivity contribution >= 4 is 23.2 Å². The number of nitro groups is 1. The van der Waals surface area contributed by atoms with Gasteiger partial charge in [-0.05, 0) is 55.1 Å². The minimum absolute atomic E-state index is 0.159. The van der Waals surface area contributed by atoms with Gasteiger partial charge in [0.1, 0.15) is 5.75 Å². The molecule has 4 aromatic rings. The molecule has 8 nitrogen and oxygen atoms in total. The summed E-state index contributed by atoms with van der Waals surface area (Å²) in [5.74, 6) is 1.01. The number of nitro benzene ring substituents is 1. The Morgan fingerprint density at radius 3 is 2.50 bits per heavy atom. The van der Waals surface area contributed by atoms with Crippen LogP contribution >= 0.6 is 11.8 Å². The topological polar surface area (TPSA) is 100 Å². The van der Waals surface area contributed by atoms with E-state index in [2.05, 4.69) is 10.2 Å². The molecule has 4 rings (SSSR count). The molecule has 1 heterocycles. The second kappa shape index (κ2) is 9.03. The maximum absolute atomic E-state index is 11.7. The molecule has 0 aliphatic heterocycles. The van der Waals surface area contributed by atoms with Crippen molar-refractivity contribution in [1.82, 2.24) is 14.8 Å². The minimum atomic E-state index is -0.499. The highest BCUT2D eigenvalue weighted by molar-refractivity contribution is 7.99. The minimum Gasteiger partial charge on any atom is -0.497 e. The van der Waals surface area contributed by atoms with Gasteiger partial charge in [0, 0.05) is 22.9 Å². The molecule has 0 atom stereocenters. The highest BCUT2D eigenvalue weighted by Gasteiger charge is 2.22. The first-order valence-corrected chi connectivity index (χ1v) is 10.4. The lowest BCUT2D eigenvalue weighted by Gasteiger charge is -2.11. The molecular weight excluding hydrogens is 428 g/mol. The highest BCUT2D eigenvalue weighted by Crippen LogP contribution is 2.37. The highest BCUT2D eigenvalue weighted by atomic mass is 32.2. The van der Waals surface area contributed by atoms with Crippen molar-refractivity contribution in [3.8, 4) is 22.8 Å². The number of benzene rings is 3. The number of nitrogens with zero attached hydrogens (tertiary/aromatic N) is 4. The lowest BCUT2D eigenvalue weighted by molar-refractivity contribution is -0.387. The van der Waals surface area contributed by atoms with Crippen LogP contribution in [0.3, 0.4) is 0 Å². The number of rotatable bonds is 7. The zero-order valence-corrected chi connectivity index (χ0v) is 18.1. The monoisotopic (exact) mass is 446 g/mol. The third-order valence-corrected chi connectivity index (χ3v) is 5.75. The molecule has 0 N–H and O–H groups in total. The van der Waals surface area contributed by atoms with Gasteiger partial charge in [-0.3, -0.25) is 19.5 Å². The van der Waals surface area contributed by atoms with Gasteiger partial charge in [-0.1, -0.05) is 30.3 Å². The zero-order chi connectivity index (χ0) is 22.7. The summed E-state index contributed by atoms with van der Waals surface area (Å²) in [5.41, 5.74) is 1.71. The van der Waals surface area contributed by atoms with Crippen molar-refractivity contribution in [3.05, 3.63) is 88.5 Å². The van der Waals surface area contributed by atoms with E-state index in [1.165, 1.54) is 13.0 Å². The number of Topliss-reactive ketones (excluding diaryl/α,β-unsaturated/α-hetero) is 1. The van der Waals surface area contributed by atoms with Gasteiger partial charge in [-0.25, -0.2) is 0 Å². The van der Waals surface area contributed by atoms with Crippen molar-refractivity contribution < 1.29 is 14.5 Å². The van der Waals surface area contributed by atoms with Crippen LogP contribution in [0.2, 0.25) is 0 Å². The maximum atomic E-state index is 11.7. The predicted octanol–water partition coefficient (Wildman–Crippen LogP) is 5.20. The third kappa shape index (κ3) is 4.23. The quantitative estimate of drug-likeness (QED) is 0.218. The summed E-state index contributed by atoms with van der Waals surface area (Å²) >= 11 is 1.12. The Balaban J connectivity index is 1.85. The molecule has 160 valence electrons. The summed E-state index contributed by atoms with van der Waals surface area (Å²) in [6, 6.07) is 21.4. The fourth-order valence-electron chi connectivity index (χ4n) is 3.16. The molecule has 0 aliphatic rings. The van der Waals surface area contributed by atoms with Crippen molar-refractivity contribution in [2.45, 2.75) is 17.0 Å². The van der Waals surface area contributed by atoms with Crippen LogP contribution in [0.4, 0.5) is 5.69 Å². The number of ketones is 1. The van der Waals surface area contributed by atoms with E-state index in [-0.39, 0.29) is 17.0 Å². The van der Waals surface area contributed by atoms with Gasteiger partial charge in [0.2, 0.25) is 5.16 Å². The molecule has 9 heteroatoms. The van der Waals surface area contributed by atoms with E-state index in [1.807, 2.05) is 59.2 Å². The number of aromatic nitrogens is 3. The van der Waals surface area contributed by atoms with Crippen molar-refractivity contribution in [2.24, 2.45) is 0 Å². The number of ether oxygens (including phenoxy) is 1. The fourth-order valence-corrected chi connectivity index (χ4v) is 4.09. The predicted molar refractivity (Wildman–Crippen MR) is 121 cm³/mol. The van der Waals surface area contributed by atoms with Crippen LogP contribution in [-0.2, 0) is 0 Å². The SMILES string of the molecule is COc1cccc(-c2nnc(Sc3ccc(C(C)=O)cc3[N+](=O)[O-])n2-c2ccccc2)c1. The van der Waals surface area contributed by atoms with Gasteiger partial charge in [0.05, 0.1) is 16.9 Å². The normalized spacial score (nSPS) is 10.7. The Hall–Kier alpha value is -3.98. The summed E-state index contributed by atoms with van der Waals surface area (Å²) in [7, 11) is 1.59. The Kier molecular flexibility index (Phi) is 6.00. The Bertz CT molecular complexity index is 1300. The van der Waals surface area contributed by atoms with Gasteiger partial charge in [0.15, 0.2) is 11.6 Å². The number of para-hydroxylation sites is 1. The van der Waals surface area contributed by atoms with Gasteiger partial charge >= 0.3 is 0 Å². The molecule has 0 fully saturated rings. The molecule has 32 heavy (non-hydrogen) atoms. The third-order valence-electron chi connectivity index (χ3n) is 4.74. The van der Waals surface area contributed by atoms with Crippen LogP contribution in [-0.4, -0.2) is 32.6 Å². The van der Waals surface area contributed by atoms with Crippen LogP contribution in [0.5, 0.6) is 5.75 Å². The largest absolute Gasteiger partial charge is 0.497 e. The van der Waals surface area contributed by atoms with Crippen LogP contribution in [0.15, 0.2) is 82.8 Å². The first kappa shape index (κ1) is 21.3. The van der Waals surface area contributed by atoms with Gasteiger partial charge in [-0.2, -0.15) is 0 Å². The standard InChI is InChI=1S/C23H18N4O4S/c1-15(28)16-11-12-21(20(14-16)27(29)30)32-23-25-24-22(17-7-6-10-19(13-17)31-2)26(23)18-8-4-3-5-9-18/h3-14H,1-2H3. The lowest BCUT2D eigenvalue weighted by Crippen LogP contribution is -2.01. The summed E-state index contributed by atoms with van der Waals surface area (Å²) in [6.07, 6.45) is 0. The van der Waals surface area contributed by atoms with E-state index in [1.54, 1.807) is 19.2 Å². The second-order valence-corrected chi connectivity index (χ2v) is 7.82. The van der Waals surface area contributed by atoms with Crippen LogP contribution < -0.4 is 4.74 Å². The first-order valence-electron chi connectivity index (χ1n) is 9.60. The molecule has 0 bridgehead atoms. The Morgan fingerprint density at radius 2 is 1.81 bits per heavy atom. The van der Waals surface area contributed by atoms with E-state index in [4.69, 9.17) is 4.74 Å². The smallest absolute Gasteiger partial charge is 0.284 e. The van der Waals surface area contributed by atoms with Gasteiger partial charge < -0.3 is 4.74 Å². The van der Waals surface area contributed by atoms with Gasteiger partial charge in [0.25, 0.3) is 5.69 Å². The van der Waals surface area contributed by atoms with Crippen molar-refractivity contribution in [3.63, 3.8) is 0 Å². The molecule has 0 aliphatic carbocycles. The fraction of sp³-hybridized carbons (Fsp3) is 0.0870. The summed E-state index contributed by atoms with van der Waals surface area (Å²) in [6.45, 7) is 1.37. The molecular formula is C23H18N4O4S. The lowest BCUT2D eigenvalue weighted by atomic mass is 10.1. The van der Waals surface area contributed by atoms with Crippen LogP contribution in [0, 0.1) is 10.1 Å². The molecule has 0 amide bonds. The summed E-state index contributed by atoms with van der Waals surface area (Å²) < 4.78 is 7.17. The average Bonchev–Trinajstić information content (AvgIpc) is 3.23. The molecule has 0 radical (unpaired) electrons. The number of methoxy groups -OCH3 is 1. The van der Waals surface area contributed by atoms with E-state index in [0.717, 1.165) is 23.0 Å². The maximum Gasteiger partial charge on any atom is 0.284 e. The van der Waals surface area contributed by atoms with Crippen molar-refractivity contribution in [1.29, 1.82) is 0 Å². The number of hydrogen-bond donors (Lipinski definition) is 0. The van der Waals surface area contributed by atoms with Crippen LogP contribution in [0.1, 0.15) is 17.3 Å². The number of carbonyl (C=O) groups excluding carboxylic acids is 1. The average molecular weight is 446 g/mol. The van der Waals surface area contributed by atoms with E-state index >= 15 is 0 Å². The number of carbonyl (C=O) groups is 1. The first-order chi connectivity index (χ1) is 15.5. The van der Waals surface area contributed by atoms with E-state index < -0.39 is 4.92 Å². The van der Waals surface area contributed by atoms with E-state index in [0.29, 0.717) is 21.6 Å². The molecule has 0 unspecified atom stereocenters. The van der Waals surface area contributed by atoms with Crippen LogP contribution in [0.25, 0.3) is 17.1 Å². The molecule has 0 saturated heterocycles. The molecule has 0 saturated carbocycles. The molecule has 3 aromatic carbocycles. The van der Waals surface area contributed by atoms with E-state index in [9.17, 15) is 14.9 Å².